The third-order valence-electron chi connectivity index (χ3n) is 6.09. The van der Waals surface area contributed by atoms with Crippen LogP contribution in [0.3, 0.4) is 0 Å². The first-order chi connectivity index (χ1) is 15.4. The van der Waals surface area contributed by atoms with Gasteiger partial charge in [0.05, 0.1) is 23.1 Å². The van der Waals surface area contributed by atoms with Crippen LogP contribution in [-0.4, -0.2) is 60.6 Å². The maximum atomic E-state index is 15.4. The molecule has 3 heterocycles. The Labute approximate surface area is 183 Å². The second-order valence-electron chi connectivity index (χ2n) is 8.06. The van der Waals surface area contributed by atoms with Crippen LogP contribution in [0.5, 0.6) is 11.5 Å². The van der Waals surface area contributed by atoms with Crippen LogP contribution in [0, 0.1) is 5.82 Å². The number of anilines is 1. The lowest BCUT2D eigenvalue weighted by Crippen LogP contribution is -2.45. The third-order valence-corrected chi connectivity index (χ3v) is 6.09. The minimum absolute atomic E-state index is 0.0229. The fourth-order valence-corrected chi connectivity index (χ4v) is 4.47. The van der Waals surface area contributed by atoms with Gasteiger partial charge in [0.1, 0.15) is 12.3 Å². The van der Waals surface area contributed by atoms with E-state index in [4.69, 9.17) is 14.6 Å². The van der Waals surface area contributed by atoms with Crippen molar-refractivity contribution in [3.05, 3.63) is 64.2 Å². The van der Waals surface area contributed by atoms with E-state index >= 15 is 4.39 Å². The molecule has 5 rings (SSSR count). The van der Waals surface area contributed by atoms with Crippen LogP contribution < -0.4 is 19.8 Å². The van der Waals surface area contributed by atoms with Crippen molar-refractivity contribution < 1.29 is 23.8 Å². The van der Waals surface area contributed by atoms with Crippen molar-refractivity contribution in [2.24, 2.45) is 0 Å². The molecule has 1 aromatic heterocycles. The minimum Gasteiger partial charge on any atom is -0.487 e. The highest BCUT2D eigenvalue weighted by molar-refractivity contribution is 5.93. The number of carboxylic acid groups (broad SMARTS) is 1. The standard InChI is InChI=1S/C23H22FN3O5/c1-25-7-9-26(10-8-25)20-16(24)11-15-19-22(20)31-13-17(14-5-3-2-4-6-14)27(19)12-18(21(15)28)32-23(29)30/h2-6,11-12,17H,7-10,13H2,1H3,(H,29,30). The second kappa shape index (κ2) is 7.83. The maximum absolute atomic E-state index is 15.4. The van der Waals surface area contributed by atoms with E-state index in [1.165, 1.54) is 6.20 Å². The van der Waals surface area contributed by atoms with Crippen molar-refractivity contribution in [1.82, 2.24) is 9.47 Å². The van der Waals surface area contributed by atoms with Crippen LogP contribution in [0.4, 0.5) is 14.9 Å². The summed E-state index contributed by atoms with van der Waals surface area (Å²) in [5.41, 5.74) is 0.983. The molecule has 9 heteroatoms. The highest BCUT2D eigenvalue weighted by atomic mass is 19.1. The van der Waals surface area contributed by atoms with Gasteiger partial charge in [-0.1, -0.05) is 30.3 Å². The van der Waals surface area contributed by atoms with E-state index in [1.807, 2.05) is 42.3 Å². The van der Waals surface area contributed by atoms with Crippen molar-refractivity contribution >= 4 is 22.7 Å². The number of aromatic nitrogens is 1. The fraction of sp³-hybridized carbons (Fsp3) is 0.304. The van der Waals surface area contributed by atoms with Gasteiger partial charge in [-0.05, 0) is 18.7 Å². The van der Waals surface area contributed by atoms with Crippen molar-refractivity contribution in [1.29, 1.82) is 0 Å². The van der Waals surface area contributed by atoms with Crippen LogP contribution >= 0.6 is 0 Å². The van der Waals surface area contributed by atoms with Crippen molar-refractivity contribution in [2.75, 3.05) is 44.7 Å². The summed E-state index contributed by atoms with van der Waals surface area (Å²) in [6.07, 6.45) is -0.221. The Morgan fingerprint density at radius 1 is 1.19 bits per heavy atom. The van der Waals surface area contributed by atoms with Crippen LogP contribution in [-0.2, 0) is 0 Å². The number of carbonyl (C=O) groups is 1. The quantitative estimate of drug-likeness (QED) is 0.628. The lowest BCUT2D eigenvalue weighted by molar-refractivity contribution is 0.143. The molecule has 2 aromatic carbocycles. The molecule has 0 saturated carbocycles. The predicted octanol–water partition coefficient (Wildman–Crippen LogP) is 2.93. The summed E-state index contributed by atoms with van der Waals surface area (Å²) < 4.78 is 28.0. The molecule has 8 nitrogen and oxygen atoms in total. The third kappa shape index (κ3) is 3.34. The van der Waals surface area contributed by atoms with Crippen molar-refractivity contribution in [3.63, 3.8) is 0 Å². The number of likely N-dealkylation sites (N-methyl/N-ethyl adjacent to an activating group) is 1. The SMILES string of the molecule is CN1CCN(c2c(F)cc3c(=O)c(OC(=O)O)cn4c3c2OCC4c2ccccc2)CC1. The number of halogens is 1. The zero-order chi connectivity index (χ0) is 22.4. The normalized spacial score (nSPS) is 18.4. The van der Waals surface area contributed by atoms with Gasteiger partial charge >= 0.3 is 6.16 Å². The minimum atomic E-state index is -1.60. The van der Waals surface area contributed by atoms with E-state index in [9.17, 15) is 9.59 Å². The molecule has 1 fully saturated rings. The molecule has 1 N–H and O–H groups in total. The Balaban J connectivity index is 1.77. The van der Waals surface area contributed by atoms with Gasteiger partial charge in [-0.2, -0.15) is 0 Å². The Morgan fingerprint density at radius 3 is 2.59 bits per heavy atom. The molecule has 0 bridgehead atoms. The molecular weight excluding hydrogens is 417 g/mol. The number of rotatable bonds is 3. The molecule has 3 aromatic rings. The number of benzene rings is 2. The molecule has 0 radical (unpaired) electrons. The van der Waals surface area contributed by atoms with Gasteiger partial charge in [-0.3, -0.25) is 4.79 Å². The smallest absolute Gasteiger partial charge is 0.487 e. The Bertz CT molecular complexity index is 1250. The van der Waals surface area contributed by atoms with Gasteiger partial charge < -0.3 is 28.9 Å². The Kier molecular flexibility index (Phi) is 4.97. The zero-order valence-corrected chi connectivity index (χ0v) is 17.5. The number of ether oxygens (including phenoxy) is 2. The molecule has 32 heavy (non-hydrogen) atoms. The first-order valence-corrected chi connectivity index (χ1v) is 10.4. The molecule has 1 unspecified atom stereocenters. The number of hydrogen-bond acceptors (Lipinski definition) is 6. The summed E-state index contributed by atoms with van der Waals surface area (Å²) in [5, 5.41) is 9.11. The van der Waals surface area contributed by atoms with Gasteiger partial charge in [0.25, 0.3) is 0 Å². The first-order valence-electron chi connectivity index (χ1n) is 10.4. The molecule has 166 valence electrons. The molecular formula is C23H22FN3O5. The monoisotopic (exact) mass is 439 g/mol. The summed E-state index contributed by atoms with van der Waals surface area (Å²) in [4.78, 5) is 28.3. The molecule has 0 aliphatic carbocycles. The Morgan fingerprint density at radius 2 is 1.91 bits per heavy atom. The van der Waals surface area contributed by atoms with Crippen LogP contribution in [0.2, 0.25) is 0 Å². The first kappa shape index (κ1) is 20.3. The highest BCUT2D eigenvalue weighted by Gasteiger charge is 2.32. The van der Waals surface area contributed by atoms with Gasteiger partial charge in [0, 0.05) is 26.2 Å². The van der Waals surface area contributed by atoms with Crippen molar-refractivity contribution in [2.45, 2.75) is 6.04 Å². The lowest BCUT2D eigenvalue weighted by Gasteiger charge is -2.37. The van der Waals surface area contributed by atoms with Crippen molar-refractivity contribution in [3.8, 4) is 11.5 Å². The van der Waals surface area contributed by atoms with Gasteiger partial charge in [0.15, 0.2) is 17.3 Å². The average Bonchev–Trinajstić information content (AvgIpc) is 2.78. The summed E-state index contributed by atoms with van der Waals surface area (Å²) in [6.45, 7) is 3.01. The van der Waals surface area contributed by atoms with E-state index in [0.29, 0.717) is 30.0 Å². The lowest BCUT2D eigenvalue weighted by atomic mass is 10.0. The van der Waals surface area contributed by atoms with E-state index in [-0.39, 0.29) is 23.8 Å². The highest BCUT2D eigenvalue weighted by Crippen LogP contribution is 2.43. The van der Waals surface area contributed by atoms with Gasteiger partial charge in [0.2, 0.25) is 5.43 Å². The number of nitrogens with zero attached hydrogens (tertiary/aromatic N) is 3. The van der Waals surface area contributed by atoms with Crippen LogP contribution in [0.1, 0.15) is 11.6 Å². The second-order valence-corrected chi connectivity index (χ2v) is 8.06. The molecule has 0 spiro atoms. The zero-order valence-electron chi connectivity index (χ0n) is 17.5. The summed E-state index contributed by atoms with van der Waals surface area (Å²) in [5.74, 6) is -0.646. The van der Waals surface area contributed by atoms with Crippen LogP contribution in [0.25, 0.3) is 10.9 Å². The fourth-order valence-electron chi connectivity index (χ4n) is 4.47. The maximum Gasteiger partial charge on any atom is 0.511 e. The topological polar surface area (TPSA) is 84.2 Å². The summed E-state index contributed by atoms with van der Waals surface area (Å²) in [6, 6.07) is 10.3. The summed E-state index contributed by atoms with van der Waals surface area (Å²) in [7, 11) is 2.01. The number of pyridine rings is 1. The van der Waals surface area contributed by atoms with Gasteiger partial charge in [-0.15, -0.1) is 0 Å². The Hall–Kier alpha value is -3.59. The van der Waals surface area contributed by atoms with E-state index < -0.39 is 17.4 Å². The van der Waals surface area contributed by atoms with E-state index in [1.54, 1.807) is 4.57 Å². The number of hydrogen-bond donors (Lipinski definition) is 1. The van der Waals surface area contributed by atoms with Crippen LogP contribution in [0.15, 0.2) is 47.4 Å². The molecule has 2 aliphatic rings. The average molecular weight is 439 g/mol. The largest absolute Gasteiger partial charge is 0.511 e. The summed E-state index contributed by atoms with van der Waals surface area (Å²) >= 11 is 0. The molecule has 0 amide bonds. The van der Waals surface area contributed by atoms with E-state index in [0.717, 1.165) is 24.7 Å². The predicted molar refractivity (Wildman–Crippen MR) is 117 cm³/mol. The van der Waals surface area contributed by atoms with Gasteiger partial charge in [-0.25, -0.2) is 9.18 Å². The molecule has 1 saturated heterocycles. The number of piperazine rings is 1. The molecule has 2 aliphatic heterocycles. The van der Waals surface area contributed by atoms with E-state index in [2.05, 4.69) is 4.90 Å². The molecule has 1 atom stereocenters.